The smallest absolute Gasteiger partial charge is 0.120 e. The van der Waals surface area contributed by atoms with Gasteiger partial charge in [-0.3, -0.25) is 0 Å². The van der Waals surface area contributed by atoms with Crippen molar-refractivity contribution in [1.82, 2.24) is 4.98 Å². The summed E-state index contributed by atoms with van der Waals surface area (Å²) >= 11 is 11.3. The van der Waals surface area contributed by atoms with Crippen molar-refractivity contribution < 1.29 is 0 Å². The van der Waals surface area contributed by atoms with Crippen molar-refractivity contribution in [2.24, 2.45) is 5.73 Å². The van der Waals surface area contributed by atoms with Crippen molar-refractivity contribution in [2.45, 2.75) is 16.5 Å². The Labute approximate surface area is 118 Å². The Morgan fingerprint density at radius 3 is 2.76 bits per heavy atom. The molecule has 88 valence electrons. The van der Waals surface area contributed by atoms with Crippen molar-refractivity contribution >= 4 is 39.3 Å². The number of nitrogens with two attached hydrogens (primary N) is 1. The molecule has 0 atom stereocenters. The molecule has 2 aromatic rings. The van der Waals surface area contributed by atoms with Crippen LogP contribution >= 0.6 is 39.3 Å². The molecule has 0 amide bonds. The first-order valence-corrected chi connectivity index (χ1v) is 6.97. The van der Waals surface area contributed by atoms with E-state index in [1.54, 1.807) is 6.20 Å². The second-order valence-electron chi connectivity index (χ2n) is 3.33. The SMILES string of the molecule is NCc1ccnc(Sc2ccccc2Br)c1Cl. The van der Waals surface area contributed by atoms with Crippen molar-refractivity contribution in [3.63, 3.8) is 0 Å². The lowest BCUT2D eigenvalue weighted by Crippen LogP contribution is -1.98. The lowest BCUT2D eigenvalue weighted by atomic mass is 10.3. The fraction of sp³-hybridized carbons (Fsp3) is 0.0833. The Hall–Kier alpha value is -0.550. The predicted molar refractivity (Wildman–Crippen MR) is 75.4 cm³/mol. The van der Waals surface area contributed by atoms with Gasteiger partial charge in [0.1, 0.15) is 5.03 Å². The lowest BCUT2D eigenvalue weighted by Gasteiger charge is -2.07. The molecule has 1 heterocycles. The monoisotopic (exact) mass is 328 g/mol. The number of aromatic nitrogens is 1. The summed E-state index contributed by atoms with van der Waals surface area (Å²) in [6, 6.07) is 9.80. The molecule has 0 fully saturated rings. The highest BCUT2D eigenvalue weighted by atomic mass is 79.9. The van der Waals surface area contributed by atoms with Crippen LogP contribution in [0.3, 0.4) is 0 Å². The van der Waals surface area contributed by atoms with Gasteiger partial charge in [0.05, 0.1) is 5.02 Å². The molecule has 0 aliphatic rings. The Balaban J connectivity index is 2.34. The zero-order valence-corrected chi connectivity index (χ0v) is 12.0. The number of pyridine rings is 1. The minimum atomic E-state index is 0.422. The van der Waals surface area contributed by atoms with Crippen molar-refractivity contribution in [1.29, 1.82) is 0 Å². The normalized spacial score (nSPS) is 10.5. The van der Waals surface area contributed by atoms with Crippen molar-refractivity contribution in [2.75, 3.05) is 0 Å². The molecular weight excluding hydrogens is 320 g/mol. The molecule has 0 aliphatic carbocycles. The van der Waals surface area contributed by atoms with Gasteiger partial charge in [-0.15, -0.1) is 0 Å². The number of halogens is 2. The maximum atomic E-state index is 6.23. The third-order valence-corrected chi connectivity index (χ3v) is 4.77. The summed E-state index contributed by atoms with van der Waals surface area (Å²) in [6.07, 6.45) is 1.73. The van der Waals surface area contributed by atoms with Gasteiger partial charge in [0, 0.05) is 22.1 Å². The first-order valence-electron chi connectivity index (χ1n) is 4.98. The molecule has 0 spiro atoms. The maximum Gasteiger partial charge on any atom is 0.120 e. The molecule has 0 saturated heterocycles. The van der Waals surface area contributed by atoms with Gasteiger partial charge in [0.15, 0.2) is 0 Å². The first-order chi connectivity index (χ1) is 8.22. The number of rotatable bonds is 3. The highest BCUT2D eigenvalue weighted by molar-refractivity contribution is 9.10. The van der Waals surface area contributed by atoms with Crippen LogP contribution < -0.4 is 5.73 Å². The summed E-state index contributed by atoms with van der Waals surface area (Å²) < 4.78 is 1.03. The van der Waals surface area contributed by atoms with E-state index in [9.17, 15) is 0 Å². The summed E-state index contributed by atoms with van der Waals surface area (Å²) in [5.41, 5.74) is 6.53. The minimum absolute atomic E-state index is 0.422. The Bertz CT molecular complexity index is 534. The van der Waals surface area contributed by atoms with Gasteiger partial charge < -0.3 is 5.73 Å². The largest absolute Gasteiger partial charge is 0.326 e. The molecule has 0 bridgehead atoms. The van der Waals surface area contributed by atoms with E-state index in [1.165, 1.54) is 11.8 Å². The Morgan fingerprint density at radius 1 is 1.29 bits per heavy atom. The predicted octanol–water partition coefficient (Wildman–Crippen LogP) is 4.11. The zero-order chi connectivity index (χ0) is 12.3. The summed E-state index contributed by atoms with van der Waals surface area (Å²) in [6.45, 7) is 0.422. The molecule has 17 heavy (non-hydrogen) atoms. The van der Waals surface area contributed by atoms with E-state index in [0.717, 1.165) is 20.0 Å². The topological polar surface area (TPSA) is 38.9 Å². The van der Waals surface area contributed by atoms with Crippen LogP contribution in [0.5, 0.6) is 0 Å². The third-order valence-electron chi connectivity index (χ3n) is 2.20. The Kier molecular flexibility index (Phi) is 4.45. The van der Waals surface area contributed by atoms with Gasteiger partial charge in [-0.1, -0.05) is 35.5 Å². The van der Waals surface area contributed by atoms with Gasteiger partial charge in [-0.05, 0) is 39.7 Å². The number of benzene rings is 1. The number of nitrogens with zero attached hydrogens (tertiary/aromatic N) is 1. The van der Waals surface area contributed by atoms with E-state index in [0.29, 0.717) is 11.6 Å². The van der Waals surface area contributed by atoms with Crippen LogP contribution in [0.25, 0.3) is 0 Å². The van der Waals surface area contributed by atoms with E-state index < -0.39 is 0 Å². The summed E-state index contributed by atoms with van der Waals surface area (Å²) in [5.74, 6) is 0. The molecule has 2 nitrogen and oxygen atoms in total. The van der Waals surface area contributed by atoms with Gasteiger partial charge in [-0.2, -0.15) is 0 Å². The van der Waals surface area contributed by atoms with E-state index in [-0.39, 0.29) is 0 Å². The van der Waals surface area contributed by atoms with Crippen LogP contribution in [-0.2, 0) is 6.54 Å². The molecule has 0 aliphatic heterocycles. The van der Waals surface area contributed by atoms with Crippen LogP contribution in [0.4, 0.5) is 0 Å². The second kappa shape index (κ2) is 5.87. The fourth-order valence-electron chi connectivity index (χ4n) is 1.32. The van der Waals surface area contributed by atoms with E-state index >= 15 is 0 Å². The fourth-order valence-corrected chi connectivity index (χ4v) is 3.01. The minimum Gasteiger partial charge on any atom is -0.326 e. The molecule has 5 heteroatoms. The molecule has 2 rings (SSSR count). The van der Waals surface area contributed by atoms with Gasteiger partial charge in [0.25, 0.3) is 0 Å². The first kappa shape index (κ1) is 12.9. The standard InChI is InChI=1S/C12H10BrClN2S/c13-9-3-1-2-4-10(9)17-12-11(14)8(7-15)5-6-16-12/h1-6H,7,15H2. The highest BCUT2D eigenvalue weighted by Gasteiger charge is 2.09. The van der Waals surface area contributed by atoms with Crippen LogP contribution in [0.15, 0.2) is 50.9 Å². The molecule has 1 aromatic carbocycles. The van der Waals surface area contributed by atoms with Crippen LogP contribution in [0.2, 0.25) is 5.02 Å². The zero-order valence-electron chi connectivity index (χ0n) is 8.86. The van der Waals surface area contributed by atoms with Gasteiger partial charge >= 0.3 is 0 Å². The summed E-state index contributed by atoms with van der Waals surface area (Å²) in [4.78, 5) is 5.36. The second-order valence-corrected chi connectivity index (χ2v) is 5.59. The van der Waals surface area contributed by atoms with Crippen molar-refractivity contribution in [3.05, 3.63) is 51.6 Å². The molecule has 1 aromatic heterocycles. The Morgan fingerprint density at radius 2 is 2.06 bits per heavy atom. The van der Waals surface area contributed by atoms with E-state index in [2.05, 4.69) is 20.9 Å². The average molecular weight is 330 g/mol. The molecule has 0 unspecified atom stereocenters. The molecule has 0 radical (unpaired) electrons. The van der Waals surface area contributed by atoms with Gasteiger partial charge in [-0.25, -0.2) is 4.98 Å². The quantitative estimate of drug-likeness (QED) is 0.921. The lowest BCUT2D eigenvalue weighted by molar-refractivity contribution is 1.02. The van der Waals surface area contributed by atoms with Crippen LogP contribution in [-0.4, -0.2) is 4.98 Å². The van der Waals surface area contributed by atoms with E-state index in [1.807, 2.05) is 30.3 Å². The maximum absolute atomic E-state index is 6.23. The molecule has 0 saturated carbocycles. The molecular formula is C12H10BrClN2S. The summed E-state index contributed by atoms with van der Waals surface area (Å²) in [7, 11) is 0. The van der Waals surface area contributed by atoms with E-state index in [4.69, 9.17) is 17.3 Å². The highest BCUT2D eigenvalue weighted by Crippen LogP contribution is 2.36. The third kappa shape index (κ3) is 3.01. The van der Waals surface area contributed by atoms with Crippen LogP contribution in [0, 0.1) is 0 Å². The van der Waals surface area contributed by atoms with Crippen LogP contribution in [0.1, 0.15) is 5.56 Å². The number of hydrogen-bond donors (Lipinski definition) is 1. The van der Waals surface area contributed by atoms with Crippen molar-refractivity contribution in [3.8, 4) is 0 Å². The average Bonchev–Trinajstić information content (AvgIpc) is 2.34. The summed E-state index contributed by atoms with van der Waals surface area (Å²) in [5, 5.41) is 1.41. The van der Waals surface area contributed by atoms with Gasteiger partial charge in [0.2, 0.25) is 0 Å². The number of hydrogen-bond acceptors (Lipinski definition) is 3. The molecule has 2 N–H and O–H groups in total.